The molecule has 1 saturated carbocycles. The first kappa shape index (κ1) is 21.4. The van der Waals surface area contributed by atoms with Gasteiger partial charge in [-0.15, -0.1) is 0 Å². The van der Waals surface area contributed by atoms with Crippen LogP contribution in [0.3, 0.4) is 0 Å². The van der Waals surface area contributed by atoms with Crippen molar-refractivity contribution in [3.8, 4) is 11.8 Å². The molecule has 0 spiro atoms. The monoisotopic (exact) mass is 475 g/mol. The molecule has 0 radical (unpaired) electrons. The molecule has 2 aliphatic rings. The third-order valence-electron chi connectivity index (χ3n) is 6.47. The van der Waals surface area contributed by atoms with Gasteiger partial charge < -0.3 is 19.4 Å². The predicted octanol–water partition coefficient (Wildman–Crippen LogP) is 5.49. The van der Waals surface area contributed by atoms with E-state index >= 15 is 0 Å². The van der Waals surface area contributed by atoms with Crippen molar-refractivity contribution in [3.63, 3.8) is 0 Å². The van der Waals surface area contributed by atoms with Crippen LogP contribution in [0.15, 0.2) is 48.7 Å². The lowest BCUT2D eigenvalue weighted by Crippen LogP contribution is -2.29. The van der Waals surface area contributed by atoms with Crippen LogP contribution in [-0.4, -0.2) is 32.7 Å². The number of hydrogen-bond donors (Lipinski definition) is 1. The molecule has 0 amide bonds. The Bertz CT molecular complexity index is 1330. The SMILES string of the molecule is Cn1c(NCc2ccc(Oc3ncc(Cl)c(C4CC4)n3)cc2)nc2ccc(CC3COC3)cc21. The van der Waals surface area contributed by atoms with E-state index in [0.29, 0.717) is 35.2 Å². The first-order valence-corrected chi connectivity index (χ1v) is 12.1. The Balaban J connectivity index is 1.10. The highest BCUT2D eigenvalue weighted by molar-refractivity contribution is 6.31. The molecule has 174 valence electrons. The van der Waals surface area contributed by atoms with E-state index in [0.717, 1.165) is 60.7 Å². The van der Waals surface area contributed by atoms with Crippen molar-refractivity contribution in [1.82, 2.24) is 19.5 Å². The van der Waals surface area contributed by atoms with Crippen LogP contribution in [0.2, 0.25) is 5.02 Å². The minimum Gasteiger partial charge on any atom is -0.424 e. The maximum absolute atomic E-state index is 6.21. The van der Waals surface area contributed by atoms with Gasteiger partial charge in [-0.3, -0.25) is 0 Å². The zero-order valence-corrected chi connectivity index (χ0v) is 19.8. The zero-order chi connectivity index (χ0) is 23.1. The third kappa shape index (κ3) is 4.45. The van der Waals surface area contributed by atoms with Crippen LogP contribution >= 0.6 is 11.6 Å². The summed E-state index contributed by atoms with van der Waals surface area (Å²) < 4.78 is 13.3. The van der Waals surface area contributed by atoms with E-state index in [1.54, 1.807) is 6.20 Å². The summed E-state index contributed by atoms with van der Waals surface area (Å²) in [6.07, 6.45) is 4.93. The Morgan fingerprint density at radius 3 is 2.62 bits per heavy atom. The van der Waals surface area contributed by atoms with Gasteiger partial charge in [-0.2, -0.15) is 4.98 Å². The van der Waals surface area contributed by atoms with Crippen LogP contribution in [0, 0.1) is 5.92 Å². The van der Waals surface area contributed by atoms with Crippen molar-refractivity contribution in [2.45, 2.75) is 31.7 Å². The number of aryl methyl sites for hydroxylation is 1. The molecule has 0 atom stereocenters. The van der Waals surface area contributed by atoms with Crippen LogP contribution in [0.1, 0.15) is 35.6 Å². The maximum Gasteiger partial charge on any atom is 0.322 e. The minimum atomic E-state index is 0.334. The first-order chi connectivity index (χ1) is 16.6. The van der Waals surface area contributed by atoms with Gasteiger partial charge in [0.1, 0.15) is 5.75 Å². The molecule has 2 aromatic heterocycles. The van der Waals surface area contributed by atoms with E-state index in [-0.39, 0.29) is 0 Å². The van der Waals surface area contributed by atoms with Gasteiger partial charge in [-0.25, -0.2) is 9.97 Å². The molecule has 1 aliphatic carbocycles. The Kier molecular flexibility index (Phi) is 5.59. The summed E-state index contributed by atoms with van der Waals surface area (Å²) in [4.78, 5) is 13.5. The van der Waals surface area contributed by atoms with Crippen molar-refractivity contribution in [2.75, 3.05) is 18.5 Å². The zero-order valence-electron chi connectivity index (χ0n) is 19.0. The fraction of sp³-hybridized carbons (Fsp3) is 0.346. The van der Waals surface area contributed by atoms with E-state index in [1.165, 1.54) is 5.56 Å². The molecule has 6 rings (SSSR count). The Labute approximate surface area is 203 Å². The van der Waals surface area contributed by atoms with Crippen LogP contribution in [-0.2, 0) is 24.8 Å². The molecule has 1 N–H and O–H groups in total. The smallest absolute Gasteiger partial charge is 0.322 e. The first-order valence-electron chi connectivity index (χ1n) is 11.7. The van der Waals surface area contributed by atoms with E-state index in [2.05, 4.69) is 38.1 Å². The number of benzene rings is 2. The average Bonchev–Trinajstić information content (AvgIpc) is 3.62. The van der Waals surface area contributed by atoms with Gasteiger partial charge in [0.05, 0.1) is 41.2 Å². The lowest BCUT2D eigenvalue weighted by Gasteiger charge is -2.25. The molecule has 2 fully saturated rings. The van der Waals surface area contributed by atoms with Crippen LogP contribution in [0.5, 0.6) is 11.8 Å². The van der Waals surface area contributed by atoms with Crippen molar-refractivity contribution in [2.24, 2.45) is 13.0 Å². The molecule has 0 unspecified atom stereocenters. The molecular formula is C26H26ClN5O2. The predicted molar refractivity (Wildman–Crippen MR) is 132 cm³/mol. The lowest BCUT2D eigenvalue weighted by atomic mass is 9.98. The van der Waals surface area contributed by atoms with Gasteiger partial charge in [0.25, 0.3) is 0 Å². The van der Waals surface area contributed by atoms with Crippen LogP contribution in [0.4, 0.5) is 5.95 Å². The second kappa shape index (κ2) is 8.89. The highest BCUT2D eigenvalue weighted by atomic mass is 35.5. The van der Waals surface area contributed by atoms with Crippen molar-refractivity contribution in [1.29, 1.82) is 0 Å². The van der Waals surface area contributed by atoms with Gasteiger partial charge in [-0.1, -0.05) is 29.8 Å². The molecule has 7 nitrogen and oxygen atoms in total. The van der Waals surface area contributed by atoms with Crippen molar-refractivity contribution < 1.29 is 9.47 Å². The van der Waals surface area contributed by atoms with Gasteiger partial charge in [-0.05, 0) is 54.7 Å². The van der Waals surface area contributed by atoms with Crippen LogP contribution < -0.4 is 10.1 Å². The second-order valence-electron chi connectivity index (χ2n) is 9.18. The molecule has 1 aliphatic heterocycles. The number of hydrogen-bond acceptors (Lipinski definition) is 6. The molecule has 0 bridgehead atoms. The van der Waals surface area contributed by atoms with Crippen LogP contribution in [0.25, 0.3) is 11.0 Å². The molecule has 34 heavy (non-hydrogen) atoms. The van der Waals surface area contributed by atoms with Crippen molar-refractivity contribution in [3.05, 3.63) is 70.5 Å². The normalized spacial score (nSPS) is 15.9. The van der Waals surface area contributed by atoms with E-state index in [9.17, 15) is 0 Å². The number of imidazole rings is 1. The van der Waals surface area contributed by atoms with E-state index in [4.69, 9.17) is 26.1 Å². The number of ether oxygens (including phenoxy) is 2. The summed E-state index contributed by atoms with van der Waals surface area (Å²) in [5, 5.41) is 4.07. The summed E-state index contributed by atoms with van der Waals surface area (Å²) in [6.45, 7) is 2.40. The summed E-state index contributed by atoms with van der Waals surface area (Å²) in [5.41, 5.74) is 5.48. The molecule has 1 saturated heterocycles. The number of rotatable bonds is 8. The number of nitrogens with zero attached hydrogens (tertiary/aromatic N) is 4. The fourth-order valence-corrected chi connectivity index (χ4v) is 4.52. The summed E-state index contributed by atoms with van der Waals surface area (Å²) in [7, 11) is 2.05. The molecule has 4 aromatic rings. The summed E-state index contributed by atoms with van der Waals surface area (Å²) in [5.74, 6) is 2.63. The largest absolute Gasteiger partial charge is 0.424 e. The average molecular weight is 476 g/mol. The highest BCUT2D eigenvalue weighted by Crippen LogP contribution is 2.42. The summed E-state index contributed by atoms with van der Waals surface area (Å²) in [6, 6.07) is 14.8. The second-order valence-corrected chi connectivity index (χ2v) is 9.59. The Morgan fingerprint density at radius 1 is 1.09 bits per heavy atom. The van der Waals surface area contributed by atoms with Gasteiger partial charge >= 0.3 is 6.01 Å². The number of aromatic nitrogens is 4. The highest BCUT2D eigenvalue weighted by Gasteiger charge is 2.28. The molecular weight excluding hydrogens is 450 g/mol. The Hall–Kier alpha value is -3.16. The maximum atomic E-state index is 6.21. The number of nitrogens with one attached hydrogen (secondary N) is 1. The lowest BCUT2D eigenvalue weighted by molar-refractivity contribution is -0.0312. The number of anilines is 1. The van der Waals surface area contributed by atoms with Gasteiger partial charge in [0.2, 0.25) is 5.95 Å². The van der Waals surface area contributed by atoms with E-state index < -0.39 is 0 Å². The Morgan fingerprint density at radius 2 is 1.88 bits per heavy atom. The van der Waals surface area contributed by atoms with Gasteiger partial charge in [0, 0.05) is 25.4 Å². The number of fused-ring (bicyclic) bond motifs is 1. The van der Waals surface area contributed by atoms with Gasteiger partial charge in [0.15, 0.2) is 0 Å². The van der Waals surface area contributed by atoms with E-state index in [1.807, 2.05) is 31.3 Å². The molecule has 8 heteroatoms. The fourth-order valence-electron chi connectivity index (χ4n) is 4.27. The number of halogens is 1. The minimum absolute atomic E-state index is 0.334. The standard InChI is InChI=1S/C26H26ClN5O2/c1-32-23-11-17(10-18-14-33-15-18)4-9-22(23)30-25(32)28-12-16-2-7-20(8-3-16)34-26-29-13-21(27)24(31-26)19-5-6-19/h2-4,7-9,11,13,18-19H,5-6,10,12,14-15H2,1H3,(H,28,30). The quantitative estimate of drug-likeness (QED) is 0.363. The summed E-state index contributed by atoms with van der Waals surface area (Å²) >= 11 is 6.21. The third-order valence-corrected chi connectivity index (χ3v) is 6.76. The van der Waals surface area contributed by atoms with Crippen molar-refractivity contribution >= 4 is 28.6 Å². The molecule has 2 aromatic carbocycles. The molecule has 3 heterocycles. The topological polar surface area (TPSA) is 74.1 Å².